The van der Waals surface area contributed by atoms with Crippen LogP contribution in [0.5, 0.6) is 0 Å². The van der Waals surface area contributed by atoms with Gasteiger partial charge >= 0.3 is 0 Å². The van der Waals surface area contributed by atoms with Crippen LogP contribution in [0.3, 0.4) is 0 Å². The molecule has 0 aromatic carbocycles. The number of sulfonamides is 1. The van der Waals surface area contributed by atoms with Crippen LogP contribution in [0.2, 0.25) is 5.02 Å². The lowest BCUT2D eigenvalue weighted by Crippen LogP contribution is -2.31. The van der Waals surface area contributed by atoms with Gasteiger partial charge in [0.05, 0.1) is 11.2 Å². The van der Waals surface area contributed by atoms with Crippen molar-refractivity contribution in [1.29, 1.82) is 0 Å². The third-order valence-corrected chi connectivity index (χ3v) is 5.01. The maximum atomic E-state index is 12.0. The van der Waals surface area contributed by atoms with Crippen LogP contribution in [0.15, 0.2) is 11.2 Å². The highest BCUT2D eigenvalue weighted by Crippen LogP contribution is 2.19. The Kier molecular flexibility index (Phi) is 4.26. The zero-order chi connectivity index (χ0) is 13.2. The van der Waals surface area contributed by atoms with Gasteiger partial charge in [-0.3, -0.25) is 4.68 Å². The first-order valence-electron chi connectivity index (χ1n) is 5.91. The first-order chi connectivity index (χ1) is 8.50. The fraction of sp³-hybridized carbons (Fsp3) is 0.700. The van der Waals surface area contributed by atoms with Gasteiger partial charge in [0.1, 0.15) is 0 Å². The van der Waals surface area contributed by atoms with Gasteiger partial charge in [-0.1, -0.05) is 11.6 Å². The molecular weight excluding hydrogens is 276 g/mol. The summed E-state index contributed by atoms with van der Waals surface area (Å²) in [6, 6.07) is 0.412. The third-order valence-electron chi connectivity index (χ3n) is 3.04. The molecule has 1 saturated heterocycles. The first kappa shape index (κ1) is 13.8. The average Bonchev–Trinajstić information content (AvgIpc) is 2.89. The summed E-state index contributed by atoms with van der Waals surface area (Å²) in [7, 11) is -2.02. The Balaban J connectivity index is 1.95. The molecule has 1 atom stereocenters. The Morgan fingerprint density at radius 2 is 2.44 bits per heavy atom. The Morgan fingerprint density at radius 3 is 3.00 bits per heavy atom. The molecule has 0 amide bonds. The second-order valence-corrected chi connectivity index (χ2v) is 6.49. The predicted octanol–water partition coefficient (Wildman–Crippen LogP) is 0.494. The molecule has 0 spiro atoms. The van der Waals surface area contributed by atoms with Crippen LogP contribution in [0, 0.1) is 0 Å². The van der Waals surface area contributed by atoms with Crippen LogP contribution >= 0.6 is 11.6 Å². The van der Waals surface area contributed by atoms with Crippen LogP contribution in [0.25, 0.3) is 0 Å². The van der Waals surface area contributed by atoms with Crippen molar-refractivity contribution in [3.8, 4) is 0 Å². The van der Waals surface area contributed by atoms with Crippen molar-refractivity contribution in [3.63, 3.8) is 0 Å². The zero-order valence-electron chi connectivity index (χ0n) is 10.2. The molecule has 1 aromatic rings. The van der Waals surface area contributed by atoms with Crippen molar-refractivity contribution in [1.82, 2.24) is 19.8 Å². The van der Waals surface area contributed by atoms with Gasteiger partial charge < -0.3 is 5.32 Å². The molecular formula is C10H17ClN4O2S. The van der Waals surface area contributed by atoms with E-state index in [1.807, 2.05) is 0 Å². The van der Waals surface area contributed by atoms with Gasteiger partial charge in [0.25, 0.3) is 10.0 Å². The number of aryl methyl sites for hydroxylation is 1. The van der Waals surface area contributed by atoms with Gasteiger partial charge in [0, 0.05) is 19.6 Å². The molecule has 0 radical (unpaired) electrons. The molecule has 2 rings (SSSR count). The quantitative estimate of drug-likeness (QED) is 0.828. The largest absolute Gasteiger partial charge is 0.314 e. The van der Waals surface area contributed by atoms with Crippen molar-refractivity contribution >= 4 is 21.6 Å². The summed E-state index contributed by atoms with van der Waals surface area (Å²) in [6.07, 6.45) is 4.38. The van der Waals surface area contributed by atoms with E-state index in [2.05, 4.69) is 15.1 Å². The minimum Gasteiger partial charge on any atom is -0.314 e. The topological polar surface area (TPSA) is 76.0 Å². The van der Waals surface area contributed by atoms with E-state index in [9.17, 15) is 8.42 Å². The highest BCUT2D eigenvalue weighted by Gasteiger charge is 2.23. The van der Waals surface area contributed by atoms with E-state index in [-0.39, 0.29) is 10.0 Å². The fourth-order valence-corrected chi connectivity index (χ4v) is 3.84. The molecule has 2 heterocycles. The third kappa shape index (κ3) is 3.03. The van der Waals surface area contributed by atoms with Crippen LogP contribution in [0.4, 0.5) is 0 Å². The monoisotopic (exact) mass is 292 g/mol. The van der Waals surface area contributed by atoms with Crippen molar-refractivity contribution in [2.24, 2.45) is 7.05 Å². The van der Waals surface area contributed by atoms with E-state index in [1.54, 1.807) is 7.05 Å². The summed E-state index contributed by atoms with van der Waals surface area (Å²) in [5.74, 6) is 0. The number of hydrogen-bond donors (Lipinski definition) is 2. The zero-order valence-corrected chi connectivity index (χ0v) is 11.8. The summed E-state index contributed by atoms with van der Waals surface area (Å²) >= 11 is 5.82. The lowest BCUT2D eigenvalue weighted by molar-refractivity contribution is 0.533. The van der Waals surface area contributed by atoms with E-state index in [0.29, 0.717) is 12.6 Å². The van der Waals surface area contributed by atoms with Gasteiger partial charge in [0.2, 0.25) is 0 Å². The second-order valence-electron chi connectivity index (χ2n) is 4.40. The summed E-state index contributed by atoms with van der Waals surface area (Å²) in [5.41, 5.74) is 0. The van der Waals surface area contributed by atoms with E-state index in [4.69, 9.17) is 11.6 Å². The molecule has 102 valence electrons. The van der Waals surface area contributed by atoms with Gasteiger partial charge in [-0.15, -0.1) is 0 Å². The molecule has 0 aliphatic carbocycles. The Hall–Kier alpha value is -0.630. The summed E-state index contributed by atoms with van der Waals surface area (Å²) < 4.78 is 27.9. The number of nitrogens with one attached hydrogen (secondary N) is 2. The number of nitrogens with zero attached hydrogens (tertiary/aromatic N) is 2. The van der Waals surface area contributed by atoms with E-state index < -0.39 is 10.0 Å². The Morgan fingerprint density at radius 1 is 1.67 bits per heavy atom. The van der Waals surface area contributed by atoms with E-state index in [1.165, 1.54) is 10.9 Å². The smallest absolute Gasteiger partial charge is 0.259 e. The Bertz CT molecular complexity index is 488. The summed E-state index contributed by atoms with van der Waals surface area (Å²) in [4.78, 5) is 0. The number of aromatic nitrogens is 2. The standard InChI is InChI=1S/C10H17ClN4O2S/c1-15-10(9(11)7-13-15)18(16,17)14-6-4-8-3-2-5-12-8/h7-8,12,14H,2-6H2,1H3. The van der Waals surface area contributed by atoms with Crippen LogP contribution in [-0.4, -0.2) is 37.3 Å². The maximum absolute atomic E-state index is 12.0. The maximum Gasteiger partial charge on any atom is 0.259 e. The van der Waals surface area contributed by atoms with Crippen LogP contribution < -0.4 is 10.0 Å². The van der Waals surface area contributed by atoms with Crippen LogP contribution in [0.1, 0.15) is 19.3 Å². The van der Waals surface area contributed by atoms with Gasteiger partial charge in [-0.2, -0.15) is 5.10 Å². The Labute approximate surface area is 112 Å². The number of halogens is 1. The van der Waals surface area contributed by atoms with E-state index >= 15 is 0 Å². The molecule has 6 nitrogen and oxygen atoms in total. The molecule has 18 heavy (non-hydrogen) atoms. The van der Waals surface area contributed by atoms with Crippen LogP contribution in [-0.2, 0) is 17.1 Å². The highest BCUT2D eigenvalue weighted by atomic mass is 35.5. The normalized spacial score (nSPS) is 20.4. The molecule has 0 saturated carbocycles. The molecule has 0 bridgehead atoms. The lowest BCUT2D eigenvalue weighted by Gasteiger charge is -2.11. The first-order valence-corrected chi connectivity index (χ1v) is 7.77. The molecule has 1 aliphatic heterocycles. The minimum atomic E-state index is -3.58. The highest BCUT2D eigenvalue weighted by molar-refractivity contribution is 7.89. The van der Waals surface area contributed by atoms with Gasteiger partial charge in [-0.25, -0.2) is 13.1 Å². The molecule has 1 fully saturated rings. The SMILES string of the molecule is Cn1ncc(Cl)c1S(=O)(=O)NCCC1CCCN1. The van der Waals surface area contributed by atoms with E-state index in [0.717, 1.165) is 25.8 Å². The minimum absolute atomic E-state index is 0.0172. The second kappa shape index (κ2) is 5.56. The fourth-order valence-electron chi connectivity index (χ4n) is 2.14. The van der Waals surface area contributed by atoms with Crippen molar-refractivity contribution in [2.75, 3.05) is 13.1 Å². The average molecular weight is 293 g/mol. The number of hydrogen-bond acceptors (Lipinski definition) is 4. The molecule has 8 heteroatoms. The van der Waals surface area contributed by atoms with Crippen molar-refractivity contribution in [3.05, 3.63) is 11.2 Å². The summed E-state index contributed by atoms with van der Waals surface area (Å²) in [5, 5.41) is 7.30. The molecule has 1 unspecified atom stereocenters. The molecule has 1 aromatic heterocycles. The lowest BCUT2D eigenvalue weighted by atomic mass is 10.2. The van der Waals surface area contributed by atoms with Crippen molar-refractivity contribution in [2.45, 2.75) is 30.3 Å². The van der Waals surface area contributed by atoms with Gasteiger partial charge in [0.15, 0.2) is 5.03 Å². The summed E-state index contributed by atoms with van der Waals surface area (Å²) in [6.45, 7) is 1.42. The van der Waals surface area contributed by atoms with Crippen molar-refractivity contribution < 1.29 is 8.42 Å². The molecule has 2 N–H and O–H groups in total. The predicted molar refractivity (Wildman–Crippen MR) is 69.0 cm³/mol. The number of rotatable bonds is 5. The molecule has 1 aliphatic rings. The van der Waals surface area contributed by atoms with Gasteiger partial charge in [-0.05, 0) is 25.8 Å².